The fourth-order valence-corrected chi connectivity index (χ4v) is 8.31. The van der Waals surface area contributed by atoms with E-state index in [2.05, 4.69) is 31.2 Å². The summed E-state index contributed by atoms with van der Waals surface area (Å²) in [6.07, 6.45) is -0.416. The summed E-state index contributed by atoms with van der Waals surface area (Å²) >= 11 is 0. The number of hydrogen-bond donors (Lipinski definition) is 9. The lowest BCUT2D eigenvalue weighted by Gasteiger charge is -2.34. The van der Waals surface area contributed by atoms with E-state index in [-0.39, 0.29) is 71.7 Å². The Labute approximate surface area is 447 Å². The summed E-state index contributed by atoms with van der Waals surface area (Å²) in [5.74, 6) is -17.3. The molecule has 1 aliphatic heterocycles. The molecule has 1 aliphatic rings. The molecule has 29 heteroatoms. The molecule has 1 aromatic heterocycles. The lowest BCUT2D eigenvalue weighted by Crippen LogP contribution is -2.52. The maximum absolute atomic E-state index is 13.9. The minimum Gasteiger partial charge on any atom is -0.549 e. The predicted octanol–water partition coefficient (Wildman–Crippen LogP) is -8.47. The van der Waals surface area contributed by atoms with E-state index in [0.717, 1.165) is 0 Å². The molecule has 0 bridgehead atoms. The Morgan fingerprint density at radius 2 is 1.05 bits per heavy atom. The Morgan fingerprint density at radius 1 is 0.590 bits per heavy atom. The van der Waals surface area contributed by atoms with Gasteiger partial charge in [-0.25, -0.2) is 9.78 Å². The Hall–Kier alpha value is -7.57. The third-order valence-corrected chi connectivity index (χ3v) is 12.6. The maximum Gasteiger partial charge on any atom is 0.328 e. The van der Waals surface area contributed by atoms with Gasteiger partial charge in [0.25, 0.3) is 0 Å². The van der Waals surface area contributed by atoms with Crippen LogP contribution in [0.3, 0.4) is 0 Å². The zero-order valence-electron chi connectivity index (χ0n) is 43.0. The van der Waals surface area contributed by atoms with Crippen LogP contribution in [0.5, 0.6) is 0 Å². The Kier molecular flexibility index (Phi) is 27.8. The molecule has 29 nitrogen and oxygen atoms in total. The van der Waals surface area contributed by atoms with Gasteiger partial charge in [0.2, 0.25) is 23.6 Å². The standard InChI is InChI=1S/C49H70N10O19/c1-30(39(63)18-33(16-35-21-50-29-52-35)48(76)54-37(27-60)40(64)19-32(15-31-5-3-2-4-6-31)47(75)55-38(28-61)49(77)78)53-46(74)34(20-42(66)67)17-36(62)22-51-41(65)23-56-7-9-57(24-43(68)69)11-13-59(26-45(72)73)14-12-58(10-8-56)25-44(70)71/h2-6,21,29-30,32-34,37-38,60-61H,7-20,22-28H2,1H3,(H,50,52)(H,51,65)(H,53,74)(H,54,76)(H,55,75)(H,66,67)(H,68,69)(H,70,71)(H,72,73)(H,77,78)/p-3/t30-,32+,33+,34-,37-,38-/m0/s1. The minimum absolute atomic E-state index is 0.0442. The highest BCUT2D eigenvalue weighted by atomic mass is 16.4. The summed E-state index contributed by atoms with van der Waals surface area (Å²) in [7, 11) is 0. The normalized spacial score (nSPS) is 16.5. The molecule has 2 aromatic rings. The van der Waals surface area contributed by atoms with Crippen LogP contribution in [0.4, 0.5) is 0 Å². The molecular weight excluding hydrogens is 1030 g/mol. The number of Topliss-reactive ketones (excluding diaryl/α,β-unsaturated/α-hetero) is 3. The van der Waals surface area contributed by atoms with Crippen LogP contribution in [0.15, 0.2) is 42.9 Å². The third kappa shape index (κ3) is 24.6. The van der Waals surface area contributed by atoms with E-state index < -0.39 is 172 Å². The zero-order valence-corrected chi connectivity index (χ0v) is 43.0. The number of aromatic nitrogens is 2. The molecule has 430 valence electrons. The van der Waals surface area contributed by atoms with Crippen molar-refractivity contribution in [2.75, 3.05) is 98.3 Å². The Morgan fingerprint density at radius 3 is 1.50 bits per heavy atom. The number of aliphatic hydroxyl groups excluding tert-OH is 2. The monoisotopic (exact) mass is 1100 g/mol. The molecule has 0 aliphatic carbocycles. The predicted molar refractivity (Wildman–Crippen MR) is 261 cm³/mol. The summed E-state index contributed by atoms with van der Waals surface area (Å²) in [6.45, 7) is -2.83. The van der Waals surface area contributed by atoms with Gasteiger partial charge in [-0.3, -0.25) is 58.0 Å². The van der Waals surface area contributed by atoms with Gasteiger partial charge in [-0.15, -0.1) is 0 Å². The number of aliphatic hydroxyl groups is 2. The van der Waals surface area contributed by atoms with Crippen molar-refractivity contribution in [3.8, 4) is 0 Å². The quantitative estimate of drug-likeness (QED) is 0.0320. The van der Waals surface area contributed by atoms with Gasteiger partial charge in [0.1, 0.15) is 12.1 Å². The molecule has 9 N–H and O–H groups in total. The van der Waals surface area contributed by atoms with Crippen LogP contribution in [-0.2, 0) is 70.4 Å². The van der Waals surface area contributed by atoms with Gasteiger partial charge in [0.05, 0.1) is 74.8 Å². The molecule has 2 heterocycles. The van der Waals surface area contributed by atoms with E-state index in [1.165, 1.54) is 34.1 Å². The average Bonchev–Trinajstić information content (AvgIpc) is 3.90. The van der Waals surface area contributed by atoms with Gasteiger partial charge in [-0.2, -0.15) is 0 Å². The third-order valence-electron chi connectivity index (χ3n) is 12.6. The van der Waals surface area contributed by atoms with Crippen molar-refractivity contribution >= 4 is 70.8 Å². The fourth-order valence-electron chi connectivity index (χ4n) is 8.31. The van der Waals surface area contributed by atoms with Crippen molar-refractivity contribution in [2.24, 2.45) is 17.8 Å². The van der Waals surface area contributed by atoms with Crippen LogP contribution < -0.4 is 36.6 Å². The Balaban J connectivity index is 1.68. The van der Waals surface area contributed by atoms with Crippen molar-refractivity contribution in [1.82, 2.24) is 50.8 Å². The number of imidazole rings is 1. The fraction of sp³-hybridized carbons (Fsp3) is 0.571. The molecule has 1 saturated heterocycles. The van der Waals surface area contributed by atoms with Crippen molar-refractivity contribution in [2.45, 2.75) is 63.6 Å². The number of benzene rings is 1. The molecule has 78 heavy (non-hydrogen) atoms. The van der Waals surface area contributed by atoms with E-state index >= 15 is 0 Å². The number of hydrogen-bond acceptors (Lipinski definition) is 22. The van der Waals surface area contributed by atoms with Gasteiger partial charge in [0.15, 0.2) is 17.3 Å². The number of H-pyrrole nitrogens is 1. The number of nitrogens with zero attached hydrogens (tertiary/aromatic N) is 5. The van der Waals surface area contributed by atoms with Crippen LogP contribution in [0.2, 0.25) is 0 Å². The smallest absolute Gasteiger partial charge is 0.328 e. The topological polar surface area (TPSA) is 445 Å². The summed E-state index contributed by atoms with van der Waals surface area (Å²) in [6, 6.07) is 3.64. The van der Waals surface area contributed by atoms with Crippen LogP contribution in [-0.4, -0.2) is 237 Å². The van der Waals surface area contributed by atoms with E-state index in [1.807, 2.05) is 0 Å². The van der Waals surface area contributed by atoms with Crippen molar-refractivity contribution in [3.05, 3.63) is 54.1 Å². The van der Waals surface area contributed by atoms with Gasteiger partial charge in [-0.1, -0.05) is 30.3 Å². The van der Waals surface area contributed by atoms with Crippen LogP contribution in [0, 0.1) is 17.8 Å². The summed E-state index contributed by atoms with van der Waals surface area (Å²) in [5, 5.41) is 82.5. The van der Waals surface area contributed by atoms with Gasteiger partial charge >= 0.3 is 11.9 Å². The van der Waals surface area contributed by atoms with Crippen LogP contribution in [0.25, 0.3) is 0 Å². The van der Waals surface area contributed by atoms with E-state index in [1.54, 1.807) is 35.2 Å². The molecule has 0 unspecified atom stereocenters. The highest BCUT2D eigenvalue weighted by Gasteiger charge is 2.34. The molecule has 1 aromatic carbocycles. The first-order chi connectivity index (χ1) is 37.0. The molecule has 3 rings (SSSR count). The molecular formula is C49H67N10O19-3. The minimum atomic E-state index is -1.69. The SMILES string of the molecule is C[C@H](NC(=O)[C@H](CC(=O)O)CC(=O)CNC(=O)CN1CCN(CC(=O)[O-])CCN(CC(=O)[O-])CCN(CC(=O)[O-])CC1)C(=O)C[C@@H](Cc1cnc[nH]1)C(=O)N[C@@H](CO)C(=O)C[C@@H](Cc1ccccc1)C(=O)N[C@@H](CO)C(=O)O. The Bertz CT molecular complexity index is 2340. The van der Waals surface area contributed by atoms with E-state index in [4.69, 9.17) is 0 Å². The van der Waals surface area contributed by atoms with Crippen molar-refractivity contribution in [1.29, 1.82) is 0 Å². The highest BCUT2D eigenvalue weighted by molar-refractivity contribution is 5.97. The van der Waals surface area contributed by atoms with Crippen molar-refractivity contribution in [3.63, 3.8) is 0 Å². The molecule has 0 saturated carbocycles. The number of carbonyl (C=O) groups is 12. The second kappa shape index (κ2) is 33.6. The first-order valence-electron chi connectivity index (χ1n) is 24.9. The van der Waals surface area contributed by atoms with Crippen LogP contribution in [0.1, 0.15) is 43.9 Å². The first-order valence-corrected chi connectivity index (χ1v) is 24.9. The van der Waals surface area contributed by atoms with E-state index in [9.17, 15) is 93.3 Å². The lowest BCUT2D eigenvalue weighted by atomic mass is 9.90. The number of aliphatic carboxylic acids is 5. The number of amides is 4. The number of carboxylic acids is 5. The lowest BCUT2D eigenvalue weighted by molar-refractivity contribution is -0.308. The average molecular weight is 1100 g/mol. The van der Waals surface area contributed by atoms with Gasteiger partial charge < -0.3 is 76.4 Å². The number of carboxylic acid groups (broad SMARTS) is 5. The molecule has 4 amide bonds. The zero-order chi connectivity index (χ0) is 57.9. The van der Waals surface area contributed by atoms with Gasteiger partial charge in [0, 0.05) is 115 Å². The summed E-state index contributed by atoms with van der Waals surface area (Å²) in [5.41, 5.74) is 0.946. The van der Waals surface area contributed by atoms with Crippen molar-refractivity contribution < 1.29 is 93.3 Å². The number of nitrogens with one attached hydrogen (secondary N) is 5. The second-order valence-electron chi connectivity index (χ2n) is 18.8. The molecule has 1 fully saturated rings. The van der Waals surface area contributed by atoms with E-state index in [0.29, 0.717) is 11.3 Å². The number of ketones is 3. The number of rotatable bonds is 33. The highest BCUT2D eigenvalue weighted by Crippen LogP contribution is 2.18. The largest absolute Gasteiger partial charge is 0.549 e. The summed E-state index contributed by atoms with van der Waals surface area (Å²) < 4.78 is 0. The second-order valence-corrected chi connectivity index (χ2v) is 18.8. The van der Waals surface area contributed by atoms with Crippen LogP contribution >= 0.6 is 0 Å². The molecule has 0 spiro atoms. The number of aromatic amines is 1. The maximum atomic E-state index is 13.9. The number of carbonyl (C=O) groups excluding carboxylic acids is 10. The van der Waals surface area contributed by atoms with Gasteiger partial charge in [-0.05, 0) is 18.9 Å². The summed E-state index contributed by atoms with van der Waals surface area (Å²) in [4.78, 5) is 165. The first kappa shape index (κ1) is 64.7. The molecule has 0 radical (unpaired) electrons. The molecule has 6 atom stereocenters.